The van der Waals surface area contributed by atoms with Gasteiger partial charge in [-0.1, -0.05) is 28.4 Å². The minimum atomic E-state index is -3.85. The highest BCUT2D eigenvalue weighted by molar-refractivity contribution is 7.92. The van der Waals surface area contributed by atoms with Crippen LogP contribution < -0.4 is 4.72 Å². The van der Waals surface area contributed by atoms with Crippen molar-refractivity contribution in [2.24, 2.45) is 0 Å². The Balaban J connectivity index is 2.37. The van der Waals surface area contributed by atoms with Gasteiger partial charge in [-0.05, 0) is 19.9 Å². The van der Waals surface area contributed by atoms with E-state index in [0.717, 1.165) is 6.20 Å². The van der Waals surface area contributed by atoms with Gasteiger partial charge in [0.05, 0.1) is 10.7 Å². The van der Waals surface area contributed by atoms with Gasteiger partial charge in [-0.15, -0.1) is 0 Å². The summed E-state index contributed by atoms with van der Waals surface area (Å²) in [7, 11) is -3.85. The second-order valence-corrected chi connectivity index (χ2v) is 6.22. The van der Waals surface area contributed by atoms with E-state index < -0.39 is 10.0 Å². The predicted molar refractivity (Wildman–Crippen MR) is 71.0 cm³/mol. The summed E-state index contributed by atoms with van der Waals surface area (Å²) in [6.45, 7) is 3.40. The third-order valence-corrected chi connectivity index (χ3v) is 4.45. The van der Waals surface area contributed by atoms with Gasteiger partial charge in [-0.2, -0.15) is 0 Å². The molecule has 0 radical (unpaired) electrons. The number of sulfonamides is 1. The first-order chi connectivity index (χ1) is 8.81. The molecule has 2 heterocycles. The third-order valence-electron chi connectivity index (χ3n) is 2.47. The van der Waals surface area contributed by atoms with Crippen LogP contribution in [0, 0.1) is 13.8 Å². The smallest absolute Gasteiger partial charge is 0.265 e. The minimum Gasteiger partial charge on any atom is -0.337 e. The van der Waals surface area contributed by atoms with E-state index in [1.165, 1.54) is 6.07 Å². The van der Waals surface area contributed by atoms with Crippen LogP contribution >= 0.6 is 23.2 Å². The molecule has 0 atom stereocenters. The number of aromatic nitrogens is 2. The van der Waals surface area contributed by atoms with E-state index in [-0.39, 0.29) is 21.0 Å². The predicted octanol–water partition coefficient (Wildman–Crippen LogP) is 2.79. The largest absolute Gasteiger partial charge is 0.337 e. The van der Waals surface area contributed by atoms with Crippen LogP contribution in [0.2, 0.25) is 10.2 Å². The molecule has 0 unspecified atom stereocenters. The quantitative estimate of drug-likeness (QED) is 0.878. The summed E-state index contributed by atoms with van der Waals surface area (Å²) >= 11 is 11.4. The number of pyridine rings is 1. The number of hydrogen-bond acceptors (Lipinski definition) is 5. The lowest BCUT2D eigenvalue weighted by atomic mass is 10.3. The van der Waals surface area contributed by atoms with Crippen molar-refractivity contribution in [3.8, 4) is 0 Å². The molecule has 0 saturated heterocycles. The Kier molecular flexibility index (Phi) is 3.71. The number of anilines is 1. The van der Waals surface area contributed by atoms with Gasteiger partial charge in [0.1, 0.15) is 10.0 Å². The molecular weight excluding hydrogens is 313 g/mol. The van der Waals surface area contributed by atoms with Crippen molar-refractivity contribution in [1.82, 2.24) is 10.1 Å². The highest BCUT2D eigenvalue weighted by Gasteiger charge is 2.20. The van der Waals surface area contributed by atoms with Crippen molar-refractivity contribution in [3.63, 3.8) is 0 Å². The van der Waals surface area contributed by atoms with Crippen molar-refractivity contribution in [1.29, 1.82) is 0 Å². The molecule has 0 aliphatic carbocycles. The Labute approximate surface area is 119 Å². The van der Waals surface area contributed by atoms with E-state index in [1.54, 1.807) is 13.8 Å². The van der Waals surface area contributed by atoms with Crippen molar-refractivity contribution < 1.29 is 12.9 Å². The van der Waals surface area contributed by atoms with Gasteiger partial charge >= 0.3 is 0 Å². The van der Waals surface area contributed by atoms with Crippen LogP contribution in [0.1, 0.15) is 11.3 Å². The third kappa shape index (κ3) is 2.83. The van der Waals surface area contributed by atoms with Crippen molar-refractivity contribution in [3.05, 3.63) is 33.7 Å². The van der Waals surface area contributed by atoms with Crippen LogP contribution in [-0.4, -0.2) is 18.6 Å². The zero-order valence-electron chi connectivity index (χ0n) is 9.94. The first-order valence-electron chi connectivity index (χ1n) is 5.08. The molecule has 2 aromatic heterocycles. The van der Waals surface area contributed by atoms with Gasteiger partial charge < -0.3 is 4.52 Å². The maximum absolute atomic E-state index is 12.1. The zero-order valence-corrected chi connectivity index (χ0v) is 12.3. The van der Waals surface area contributed by atoms with E-state index in [9.17, 15) is 8.42 Å². The molecule has 19 heavy (non-hydrogen) atoms. The second-order valence-electron chi connectivity index (χ2n) is 3.77. The summed E-state index contributed by atoms with van der Waals surface area (Å²) in [5.41, 5.74) is 1.21. The average molecular weight is 322 g/mol. The standard InChI is InChI=1S/C10H9Cl2N3O3S/c1-5-6(2)14-18-10(5)15-19(16,17)7-3-8(11)9(12)13-4-7/h3-4,15H,1-2H3. The Hall–Kier alpha value is -1.31. The number of nitrogens with one attached hydrogen (secondary N) is 1. The summed E-state index contributed by atoms with van der Waals surface area (Å²) in [5, 5.41) is 3.75. The first kappa shape index (κ1) is 14.1. The molecule has 0 amide bonds. The zero-order chi connectivity index (χ0) is 14.2. The molecule has 0 aromatic carbocycles. The summed E-state index contributed by atoms with van der Waals surface area (Å²) < 4.78 is 31.3. The number of rotatable bonds is 3. The van der Waals surface area contributed by atoms with Crippen LogP contribution in [0.5, 0.6) is 0 Å². The normalized spacial score (nSPS) is 11.6. The minimum absolute atomic E-state index is 0.0345. The maximum atomic E-state index is 12.1. The fraction of sp³-hybridized carbons (Fsp3) is 0.200. The Morgan fingerprint density at radius 3 is 2.53 bits per heavy atom. The van der Waals surface area contributed by atoms with Crippen LogP contribution in [0.3, 0.4) is 0 Å². The van der Waals surface area contributed by atoms with Crippen molar-refractivity contribution >= 4 is 39.1 Å². The van der Waals surface area contributed by atoms with E-state index in [0.29, 0.717) is 11.3 Å². The fourth-order valence-electron chi connectivity index (χ4n) is 1.24. The number of hydrogen-bond donors (Lipinski definition) is 1. The lowest BCUT2D eigenvalue weighted by Gasteiger charge is -2.06. The summed E-state index contributed by atoms with van der Waals surface area (Å²) in [5.74, 6) is 0.0589. The molecular formula is C10H9Cl2N3O3S. The van der Waals surface area contributed by atoms with Crippen LogP contribution in [0.4, 0.5) is 5.88 Å². The van der Waals surface area contributed by atoms with Crippen molar-refractivity contribution in [2.75, 3.05) is 4.72 Å². The van der Waals surface area contributed by atoms with E-state index in [2.05, 4.69) is 14.9 Å². The highest BCUT2D eigenvalue weighted by atomic mass is 35.5. The summed E-state index contributed by atoms with van der Waals surface area (Å²) in [6, 6.07) is 1.21. The maximum Gasteiger partial charge on any atom is 0.265 e. The second kappa shape index (κ2) is 4.99. The Morgan fingerprint density at radius 1 is 1.32 bits per heavy atom. The molecule has 0 aliphatic rings. The summed E-state index contributed by atoms with van der Waals surface area (Å²) in [6.07, 6.45) is 1.11. The first-order valence-corrected chi connectivity index (χ1v) is 7.32. The molecule has 9 heteroatoms. The molecule has 0 saturated carbocycles. The number of nitrogens with zero attached hydrogens (tertiary/aromatic N) is 2. The van der Waals surface area contributed by atoms with Crippen LogP contribution in [0.25, 0.3) is 0 Å². The van der Waals surface area contributed by atoms with Crippen molar-refractivity contribution in [2.45, 2.75) is 18.7 Å². The monoisotopic (exact) mass is 321 g/mol. The van der Waals surface area contributed by atoms with Crippen LogP contribution in [0.15, 0.2) is 21.7 Å². The van der Waals surface area contributed by atoms with Gasteiger partial charge in [0.25, 0.3) is 10.0 Å². The lowest BCUT2D eigenvalue weighted by Crippen LogP contribution is -2.13. The highest BCUT2D eigenvalue weighted by Crippen LogP contribution is 2.25. The topological polar surface area (TPSA) is 85.1 Å². The van der Waals surface area contributed by atoms with E-state index in [4.69, 9.17) is 27.7 Å². The van der Waals surface area contributed by atoms with Gasteiger partial charge in [0, 0.05) is 11.8 Å². The molecule has 0 fully saturated rings. The van der Waals surface area contributed by atoms with Gasteiger partial charge in [-0.25, -0.2) is 18.1 Å². The molecule has 2 aromatic rings. The Morgan fingerprint density at radius 2 is 2.00 bits per heavy atom. The molecule has 6 nitrogen and oxygen atoms in total. The average Bonchev–Trinajstić information content (AvgIpc) is 2.64. The Bertz CT molecular complexity index is 728. The summed E-state index contributed by atoms with van der Waals surface area (Å²) in [4.78, 5) is 3.57. The van der Waals surface area contributed by atoms with Gasteiger partial charge in [0.2, 0.25) is 5.88 Å². The molecule has 102 valence electrons. The van der Waals surface area contributed by atoms with Gasteiger partial charge in [0.15, 0.2) is 0 Å². The fourth-order valence-corrected chi connectivity index (χ4v) is 2.59. The van der Waals surface area contributed by atoms with Gasteiger partial charge in [-0.3, -0.25) is 0 Å². The number of aryl methyl sites for hydroxylation is 1. The molecule has 2 rings (SSSR count). The molecule has 0 bridgehead atoms. The molecule has 0 spiro atoms. The molecule has 0 aliphatic heterocycles. The SMILES string of the molecule is Cc1noc(NS(=O)(=O)c2cnc(Cl)c(Cl)c2)c1C. The number of halogens is 2. The van der Waals surface area contributed by atoms with E-state index in [1.807, 2.05) is 0 Å². The lowest BCUT2D eigenvalue weighted by molar-refractivity contribution is 0.430. The molecule has 1 N–H and O–H groups in total. The van der Waals surface area contributed by atoms with E-state index >= 15 is 0 Å². The van der Waals surface area contributed by atoms with Crippen LogP contribution in [-0.2, 0) is 10.0 Å².